The lowest BCUT2D eigenvalue weighted by molar-refractivity contribution is 0.162. The van der Waals surface area contributed by atoms with Crippen LogP contribution >= 0.6 is 0 Å². The number of aromatic nitrogens is 2. The van der Waals surface area contributed by atoms with Crippen molar-refractivity contribution in [1.82, 2.24) is 14.7 Å². The molecule has 2 amide bonds. The summed E-state index contributed by atoms with van der Waals surface area (Å²) in [4.78, 5) is 13.8. The highest BCUT2D eigenvalue weighted by Crippen LogP contribution is 2.38. The molecular weight excluding hydrogens is 485 g/mol. The van der Waals surface area contributed by atoms with E-state index in [4.69, 9.17) is 20.3 Å². The van der Waals surface area contributed by atoms with Crippen molar-refractivity contribution in [3.05, 3.63) is 59.0 Å². The van der Waals surface area contributed by atoms with Crippen molar-refractivity contribution >= 4 is 11.7 Å². The smallest absolute Gasteiger partial charge is 0.316 e. The fourth-order valence-electron chi connectivity index (χ4n) is 5.31. The van der Waals surface area contributed by atoms with Gasteiger partial charge in [0.2, 0.25) is 0 Å². The Balaban J connectivity index is 1.61. The lowest BCUT2D eigenvalue weighted by Gasteiger charge is -2.28. The summed E-state index contributed by atoms with van der Waals surface area (Å²) in [7, 11) is 0. The number of carbonyl (C=O) groups excluding carboxylic acids is 1. The summed E-state index contributed by atoms with van der Waals surface area (Å²) in [5.74, 6) is 1.08. The molecule has 0 saturated carbocycles. The summed E-state index contributed by atoms with van der Waals surface area (Å²) in [6.07, 6.45) is 1.88. The van der Waals surface area contributed by atoms with Gasteiger partial charge in [-0.25, -0.2) is 13.9 Å². The number of carbonyl (C=O) groups is 1. The average molecular weight is 522 g/mol. The summed E-state index contributed by atoms with van der Waals surface area (Å²) in [6, 6.07) is 9.96. The SMILES string of the molecule is Cc1cccc(OCC(C)C)c1-n1nc2c(c1-c1ccc(NC(N)=O)c(F)c1)CN(CC1CCOC1)CC2. The molecular formula is C29H36FN5O3. The van der Waals surface area contributed by atoms with E-state index >= 15 is 4.39 Å². The topological polar surface area (TPSA) is 94.6 Å². The van der Waals surface area contributed by atoms with E-state index in [1.807, 2.05) is 29.8 Å². The number of primary amides is 1. The molecule has 8 nitrogen and oxygen atoms in total. The monoisotopic (exact) mass is 521 g/mol. The van der Waals surface area contributed by atoms with Crippen molar-refractivity contribution in [3.63, 3.8) is 0 Å². The van der Waals surface area contributed by atoms with Gasteiger partial charge >= 0.3 is 6.03 Å². The van der Waals surface area contributed by atoms with Gasteiger partial charge in [0.1, 0.15) is 17.3 Å². The number of nitrogens with zero attached hydrogens (tertiary/aromatic N) is 3. The number of halogens is 1. The Morgan fingerprint density at radius 3 is 2.87 bits per heavy atom. The first-order valence-corrected chi connectivity index (χ1v) is 13.3. The third-order valence-electron chi connectivity index (χ3n) is 7.14. The quantitative estimate of drug-likeness (QED) is 0.439. The van der Waals surface area contributed by atoms with E-state index in [9.17, 15) is 4.79 Å². The maximum Gasteiger partial charge on any atom is 0.316 e. The van der Waals surface area contributed by atoms with E-state index in [0.29, 0.717) is 24.0 Å². The zero-order valence-corrected chi connectivity index (χ0v) is 22.3. The van der Waals surface area contributed by atoms with E-state index in [1.54, 1.807) is 12.1 Å². The van der Waals surface area contributed by atoms with Gasteiger partial charge in [0.05, 0.1) is 30.3 Å². The van der Waals surface area contributed by atoms with E-state index in [2.05, 4.69) is 24.1 Å². The first-order valence-electron chi connectivity index (χ1n) is 13.3. The molecule has 1 fully saturated rings. The molecule has 0 spiro atoms. The average Bonchev–Trinajstić information content (AvgIpc) is 3.51. The van der Waals surface area contributed by atoms with E-state index < -0.39 is 11.8 Å². The van der Waals surface area contributed by atoms with Gasteiger partial charge in [0.15, 0.2) is 0 Å². The van der Waals surface area contributed by atoms with E-state index in [0.717, 1.165) is 79.6 Å². The second kappa shape index (κ2) is 11.1. The van der Waals surface area contributed by atoms with Crippen LogP contribution in [-0.4, -0.2) is 53.6 Å². The van der Waals surface area contributed by atoms with Gasteiger partial charge in [-0.3, -0.25) is 4.90 Å². The predicted molar refractivity (Wildman–Crippen MR) is 145 cm³/mol. The molecule has 9 heteroatoms. The van der Waals surface area contributed by atoms with Crippen molar-refractivity contribution in [3.8, 4) is 22.7 Å². The summed E-state index contributed by atoms with van der Waals surface area (Å²) in [5, 5.41) is 7.43. The van der Waals surface area contributed by atoms with Crippen LogP contribution in [0.25, 0.3) is 16.9 Å². The van der Waals surface area contributed by atoms with E-state index in [-0.39, 0.29) is 5.69 Å². The highest BCUT2D eigenvalue weighted by atomic mass is 19.1. The van der Waals surface area contributed by atoms with Gasteiger partial charge in [0.25, 0.3) is 0 Å². The van der Waals surface area contributed by atoms with Crippen LogP contribution in [0.2, 0.25) is 0 Å². The standard InChI is InChI=1S/C29H36FN5O3/c1-18(2)16-38-26-6-4-5-19(3)27(26)35-28(21-7-8-25(23(30)13-21)32-29(31)36)22-15-34(11-9-24(22)33-35)14-20-10-12-37-17-20/h4-8,13,18,20H,9-12,14-17H2,1-3H3,(H3,31,32,36). The number of fused-ring (bicyclic) bond motifs is 1. The van der Waals surface area contributed by atoms with Crippen molar-refractivity contribution in [2.45, 2.75) is 40.2 Å². The summed E-state index contributed by atoms with van der Waals surface area (Å²) < 4.78 is 28.9. The lowest BCUT2D eigenvalue weighted by Crippen LogP contribution is -2.34. The van der Waals surface area contributed by atoms with Crippen LogP contribution < -0.4 is 15.8 Å². The largest absolute Gasteiger partial charge is 0.491 e. The molecule has 1 atom stereocenters. The van der Waals surface area contributed by atoms with Crippen LogP contribution in [0.5, 0.6) is 5.75 Å². The minimum Gasteiger partial charge on any atom is -0.491 e. The van der Waals surface area contributed by atoms with E-state index in [1.165, 1.54) is 6.07 Å². The number of amides is 2. The minimum absolute atomic E-state index is 0.0425. The molecule has 1 unspecified atom stereocenters. The Labute approximate surface area is 222 Å². The Hall–Kier alpha value is -3.43. The van der Waals surface area contributed by atoms with Gasteiger partial charge in [0, 0.05) is 43.8 Å². The third-order valence-corrected chi connectivity index (χ3v) is 7.14. The predicted octanol–water partition coefficient (Wildman–Crippen LogP) is 4.91. The number of aryl methyl sites for hydroxylation is 1. The van der Waals surface area contributed by atoms with Gasteiger partial charge in [-0.1, -0.05) is 32.0 Å². The van der Waals surface area contributed by atoms with Crippen molar-refractivity contribution < 1.29 is 18.7 Å². The molecule has 1 aromatic heterocycles. The summed E-state index contributed by atoms with van der Waals surface area (Å²) >= 11 is 0. The fourth-order valence-corrected chi connectivity index (χ4v) is 5.31. The molecule has 2 aliphatic rings. The molecule has 3 N–H and O–H groups in total. The molecule has 3 heterocycles. The van der Waals surface area contributed by atoms with Crippen molar-refractivity contribution in [2.75, 3.05) is 38.2 Å². The number of rotatable bonds is 8. The first kappa shape index (κ1) is 26.2. The number of para-hydroxylation sites is 1. The molecule has 0 aliphatic carbocycles. The molecule has 2 aromatic carbocycles. The molecule has 38 heavy (non-hydrogen) atoms. The number of hydrogen-bond acceptors (Lipinski definition) is 5. The van der Waals surface area contributed by atoms with Crippen LogP contribution in [0.3, 0.4) is 0 Å². The number of hydrogen-bond donors (Lipinski definition) is 2. The first-order chi connectivity index (χ1) is 18.3. The lowest BCUT2D eigenvalue weighted by atomic mass is 9.98. The highest BCUT2D eigenvalue weighted by molar-refractivity contribution is 5.88. The number of nitrogens with one attached hydrogen (secondary N) is 1. The molecule has 202 valence electrons. The summed E-state index contributed by atoms with van der Waals surface area (Å²) in [6.45, 7) is 11.1. The number of benzene rings is 2. The fraction of sp³-hybridized carbons (Fsp3) is 0.448. The molecule has 2 aliphatic heterocycles. The van der Waals surface area contributed by atoms with Gasteiger partial charge < -0.3 is 20.5 Å². The molecule has 0 radical (unpaired) electrons. The number of anilines is 1. The normalized spacial score (nSPS) is 17.6. The molecule has 0 bridgehead atoms. The van der Waals surface area contributed by atoms with Gasteiger partial charge in [-0.05, 0) is 48.9 Å². The van der Waals surface area contributed by atoms with Crippen LogP contribution in [0.1, 0.15) is 37.1 Å². The second-order valence-electron chi connectivity index (χ2n) is 10.7. The Bertz CT molecular complexity index is 1320. The molecule has 3 aromatic rings. The minimum atomic E-state index is -0.808. The van der Waals surface area contributed by atoms with Crippen LogP contribution in [0.15, 0.2) is 36.4 Å². The maximum absolute atomic E-state index is 15.1. The molecule has 5 rings (SSSR count). The number of ether oxygens (including phenoxy) is 2. The van der Waals surface area contributed by atoms with Crippen molar-refractivity contribution in [2.24, 2.45) is 17.6 Å². The van der Waals surface area contributed by atoms with Crippen molar-refractivity contribution in [1.29, 1.82) is 0 Å². The van der Waals surface area contributed by atoms with Crippen LogP contribution in [0.4, 0.5) is 14.9 Å². The number of urea groups is 1. The zero-order valence-electron chi connectivity index (χ0n) is 22.3. The number of nitrogens with two attached hydrogens (primary N) is 1. The maximum atomic E-state index is 15.1. The molecule has 1 saturated heterocycles. The third kappa shape index (κ3) is 5.54. The Morgan fingerprint density at radius 1 is 1.32 bits per heavy atom. The van der Waals surface area contributed by atoms with Gasteiger partial charge in [-0.2, -0.15) is 5.10 Å². The van der Waals surface area contributed by atoms with Gasteiger partial charge in [-0.15, -0.1) is 0 Å². The second-order valence-corrected chi connectivity index (χ2v) is 10.7. The van der Waals surface area contributed by atoms with Crippen LogP contribution in [0, 0.1) is 24.6 Å². The summed E-state index contributed by atoms with van der Waals surface area (Å²) in [5.41, 5.74) is 10.7. The Morgan fingerprint density at radius 2 is 2.16 bits per heavy atom. The Kier molecular flexibility index (Phi) is 7.67. The zero-order chi connectivity index (χ0) is 26.8. The highest BCUT2D eigenvalue weighted by Gasteiger charge is 2.30. The van der Waals surface area contributed by atoms with Crippen LogP contribution in [-0.2, 0) is 17.7 Å².